The van der Waals surface area contributed by atoms with Crippen molar-refractivity contribution in [3.05, 3.63) is 12.2 Å². The summed E-state index contributed by atoms with van der Waals surface area (Å²) in [5.41, 5.74) is 0. The van der Waals surface area contributed by atoms with Crippen LogP contribution >= 0.6 is 0 Å². The molecule has 1 atom stereocenters. The third kappa shape index (κ3) is 43.4. The Balaban J connectivity index is 3.36. The van der Waals surface area contributed by atoms with Crippen molar-refractivity contribution < 1.29 is 19.4 Å². The van der Waals surface area contributed by atoms with E-state index in [2.05, 4.69) is 26.0 Å². The second-order valence-electron chi connectivity index (χ2n) is 15.8. The Hall–Kier alpha value is -0.870. The van der Waals surface area contributed by atoms with E-state index in [-0.39, 0.29) is 12.6 Å². The summed E-state index contributed by atoms with van der Waals surface area (Å²) in [4.78, 5) is 12.2. The van der Waals surface area contributed by atoms with Crippen molar-refractivity contribution in [1.29, 1.82) is 0 Å². The van der Waals surface area contributed by atoms with Crippen LogP contribution in [0, 0.1) is 0 Å². The van der Waals surface area contributed by atoms with Crippen LogP contribution in [0.5, 0.6) is 0 Å². The van der Waals surface area contributed by atoms with E-state index in [9.17, 15) is 9.90 Å². The Labute approximate surface area is 320 Å². The minimum Gasteiger partial charge on any atom is -0.457 e. The molecule has 0 heterocycles. The van der Waals surface area contributed by atoms with Crippen molar-refractivity contribution in [1.82, 2.24) is 0 Å². The van der Waals surface area contributed by atoms with Gasteiger partial charge in [-0.3, -0.25) is 4.79 Å². The molecule has 0 saturated carbocycles. The van der Waals surface area contributed by atoms with E-state index in [1.807, 2.05) is 0 Å². The first-order chi connectivity index (χ1) is 25.2. The van der Waals surface area contributed by atoms with E-state index in [4.69, 9.17) is 9.47 Å². The van der Waals surface area contributed by atoms with Gasteiger partial charge in [-0.2, -0.15) is 0 Å². The highest BCUT2D eigenvalue weighted by Crippen LogP contribution is 2.16. The second-order valence-corrected chi connectivity index (χ2v) is 15.8. The number of hydrogen-bond donors (Lipinski definition) is 1. The summed E-state index contributed by atoms with van der Waals surface area (Å²) < 4.78 is 11.2. The van der Waals surface area contributed by atoms with Crippen LogP contribution in [0.15, 0.2) is 12.2 Å². The molecule has 4 nitrogen and oxygen atoms in total. The average Bonchev–Trinajstić information content (AvgIpc) is 3.14. The quantitative estimate of drug-likeness (QED) is 0.0387. The Kier molecular flexibility index (Phi) is 44.5. The molecule has 0 aliphatic heterocycles. The number of ether oxygens (including phenoxy) is 2. The molecule has 0 aromatic heterocycles. The molecule has 0 rings (SSSR count). The first-order valence-electron chi connectivity index (χ1n) is 23.3. The molecule has 0 aromatic rings. The highest BCUT2D eigenvalue weighted by molar-refractivity contribution is 5.69. The van der Waals surface area contributed by atoms with E-state index in [0.29, 0.717) is 19.6 Å². The maximum atomic E-state index is 12.2. The SMILES string of the molecule is CCCCCCCC/C=C\CCCCCCCCCCCC(=O)OC(CO)COCCCCCCCCCCCCCCCCCCCCCC. The van der Waals surface area contributed by atoms with Crippen LogP contribution in [0.2, 0.25) is 0 Å². The van der Waals surface area contributed by atoms with Crippen molar-refractivity contribution in [2.45, 2.75) is 264 Å². The Morgan fingerprint density at radius 2 is 0.765 bits per heavy atom. The standard InChI is InChI=1S/C47H92O4/c1-3-5-7-9-11-13-15-17-19-21-23-25-27-29-31-33-35-37-39-41-43-50-45-46(44-48)51-47(49)42-40-38-36-34-32-30-28-26-24-22-20-18-16-14-12-10-8-6-4-2/h18,20,46,48H,3-17,19,21-45H2,1-2H3/b20-18-. The van der Waals surface area contributed by atoms with Gasteiger partial charge in [-0.25, -0.2) is 0 Å². The van der Waals surface area contributed by atoms with Crippen LogP contribution in [-0.4, -0.2) is 37.0 Å². The van der Waals surface area contributed by atoms with Crippen LogP contribution in [0.4, 0.5) is 0 Å². The molecule has 1 unspecified atom stereocenters. The fourth-order valence-electron chi connectivity index (χ4n) is 7.09. The molecule has 51 heavy (non-hydrogen) atoms. The zero-order valence-electron chi connectivity index (χ0n) is 34.9. The average molecular weight is 721 g/mol. The normalized spacial score (nSPS) is 12.3. The molecule has 1 N–H and O–H groups in total. The molecule has 304 valence electrons. The molecule has 0 saturated heterocycles. The van der Waals surface area contributed by atoms with E-state index >= 15 is 0 Å². The number of aliphatic hydroxyl groups excluding tert-OH is 1. The summed E-state index contributed by atoms with van der Waals surface area (Å²) in [6.45, 7) is 5.39. The van der Waals surface area contributed by atoms with Crippen molar-refractivity contribution >= 4 is 5.97 Å². The van der Waals surface area contributed by atoms with Crippen LogP contribution in [0.25, 0.3) is 0 Å². The molecule has 0 spiro atoms. The lowest BCUT2D eigenvalue weighted by atomic mass is 10.0. The highest BCUT2D eigenvalue weighted by atomic mass is 16.6. The smallest absolute Gasteiger partial charge is 0.306 e. The minimum absolute atomic E-state index is 0.166. The summed E-state index contributed by atoms with van der Waals surface area (Å²) >= 11 is 0. The molecule has 0 aliphatic carbocycles. The van der Waals surface area contributed by atoms with Crippen LogP contribution < -0.4 is 0 Å². The summed E-state index contributed by atoms with van der Waals surface area (Å²) in [5.74, 6) is -0.197. The minimum atomic E-state index is -0.529. The highest BCUT2D eigenvalue weighted by Gasteiger charge is 2.13. The molecule has 4 heteroatoms. The van der Waals surface area contributed by atoms with Gasteiger partial charge in [0.25, 0.3) is 0 Å². The number of allylic oxidation sites excluding steroid dienone is 2. The van der Waals surface area contributed by atoms with E-state index in [1.54, 1.807) is 0 Å². The number of carbonyl (C=O) groups is 1. The zero-order chi connectivity index (χ0) is 37.0. The molecule has 0 amide bonds. The van der Waals surface area contributed by atoms with Gasteiger partial charge in [0.2, 0.25) is 0 Å². The van der Waals surface area contributed by atoms with Crippen molar-refractivity contribution in [2.75, 3.05) is 19.8 Å². The van der Waals surface area contributed by atoms with E-state index in [1.165, 1.54) is 218 Å². The first-order valence-corrected chi connectivity index (χ1v) is 23.3. The number of unbranched alkanes of at least 4 members (excludes halogenated alkanes) is 34. The third-order valence-electron chi connectivity index (χ3n) is 10.6. The van der Waals surface area contributed by atoms with Gasteiger partial charge in [0.05, 0.1) is 13.2 Å². The lowest BCUT2D eigenvalue weighted by Crippen LogP contribution is -2.27. The topological polar surface area (TPSA) is 55.8 Å². The van der Waals surface area contributed by atoms with Gasteiger partial charge in [0, 0.05) is 13.0 Å². The third-order valence-corrected chi connectivity index (χ3v) is 10.6. The maximum absolute atomic E-state index is 12.2. The Morgan fingerprint density at radius 1 is 0.451 bits per heavy atom. The van der Waals surface area contributed by atoms with Crippen molar-refractivity contribution in [3.8, 4) is 0 Å². The predicted molar refractivity (Wildman–Crippen MR) is 224 cm³/mol. The molecule has 0 aliphatic rings. The van der Waals surface area contributed by atoms with Crippen LogP contribution in [-0.2, 0) is 14.3 Å². The first kappa shape index (κ1) is 50.1. The fourth-order valence-corrected chi connectivity index (χ4v) is 7.09. The summed E-state index contributed by atoms with van der Waals surface area (Å²) in [6, 6.07) is 0. The van der Waals surface area contributed by atoms with Crippen molar-refractivity contribution in [2.24, 2.45) is 0 Å². The molecule has 0 fully saturated rings. The summed E-state index contributed by atoms with van der Waals surface area (Å²) in [5, 5.41) is 9.62. The number of hydrogen-bond acceptors (Lipinski definition) is 4. The number of aliphatic hydroxyl groups is 1. The number of esters is 1. The van der Waals surface area contributed by atoms with Gasteiger partial charge in [-0.05, 0) is 38.5 Å². The molecule has 0 bridgehead atoms. The largest absolute Gasteiger partial charge is 0.457 e. The van der Waals surface area contributed by atoms with Gasteiger partial charge < -0.3 is 14.6 Å². The van der Waals surface area contributed by atoms with Gasteiger partial charge >= 0.3 is 5.97 Å². The number of rotatable bonds is 44. The van der Waals surface area contributed by atoms with Gasteiger partial charge in [-0.1, -0.05) is 225 Å². The summed E-state index contributed by atoms with van der Waals surface area (Å²) in [6.07, 6.45) is 54.3. The molecule has 0 aromatic carbocycles. The van der Waals surface area contributed by atoms with Crippen molar-refractivity contribution in [3.63, 3.8) is 0 Å². The van der Waals surface area contributed by atoms with Gasteiger partial charge in [0.1, 0.15) is 6.10 Å². The molecule has 0 radical (unpaired) electrons. The maximum Gasteiger partial charge on any atom is 0.306 e. The molecular weight excluding hydrogens is 629 g/mol. The van der Waals surface area contributed by atoms with E-state index < -0.39 is 6.10 Å². The Bertz CT molecular complexity index is 677. The predicted octanol–water partition coefficient (Wildman–Crippen LogP) is 15.3. The number of carbonyl (C=O) groups excluding carboxylic acids is 1. The van der Waals surface area contributed by atoms with E-state index in [0.717, 1.165) is 19.3 Å². The van der Waals surface area contributed by atoms with Crippen LogP contribution in [0.3, 0.4) is 0 Å². The lowest BCUT2D eigenvalue weighted by Gasteiger charge is -2.16. The molecular formula is C47H92O4. The van der Waals surface area contributed by atoms with Gasteiger partial charge in [-0.15, -0.1) is 0 Å². The zero-order valence-corrected chi connectivity index (χ0v) is 34.9. The second kappa shape index (κ2) is 45.3. The Morgan fingerprint density at radius 3 is 1.12 bits per heavy atom. The van der Waals surface area contributed by atoms with Crippen LogP contribution in [0.1, 0.15) is 258 Å². The monoisotopic (exact) mass is 721 g/mol. The summed E-state index contributed by atoms with van der Waals surface area (Å²) in [7, 11) is 0. The van der Waals surface area contributed by atoms with Gasteiger partial charge in [0.15, 0.2) is 0 Å². The fraction of sp³-hybridized carbons (Fsp3) is 0.936. The lowest BCUT2D eigenvalue weighted by molar-refractivity contribution is -0.154.